The average Bonchev–Trinajstić information content (AvgIpc) is 2.98. The van der Waals surface area contributed by atoms with Gasteiger partial charge in [-0.25, -0.2) is 14.5 Å². The van der Waals surface area contributed by atoms with Crippen molar-refractivity contribution in [3.05, 3.63) is 11.3 Å². The highest BCUT2D eigenvalue weighted by molar-refractivity contribution is 6.05. The summed E-state index contributed by atoms with van der Waals surface area (Å²) in [7, 11) is 0. The Morgan fingerprint density at radius 3 is 2.88 bits per heavy atom. The highest BCUT2D eigenvalue weighted by Crippen LogP contribution is 2.30. The van der Waals surface area contributed by atoms with Gasteiger partial charge in [-0.05, 0) is 27.7 Å². The first-order chi connectivity index (χ1) is 11.6. The van der Waals surface area contributed by atoms with Crippen molar-refractivity contribution in [2.24, 2.45) is 0 Å². The maximum Gasteiger partial charge on any atom is 0.342 e. The summed E-state index contributed by atoms with van der Waals surface area (Å²) in [6.07, 6.45) is 0. The Bertz CT molecular complexity index is 757. The van der Waals surface area contributed by atoms with E-state index in [9.17, 15) is 4.79 Å². The molecule has 0 amide bonds. The number of carbonyl (C=O) groups is 1. The monoisotopic (exact) mass is 332 g/mol. The zero-order valence-electron chi connectivity index (χ0n) is 14.7. The number of fused-ring (bicyclic) bond motifs is 1. The van der Waals surface area contributed by atoms with Gasteiger partial charge in [0.2, 0.25) is 0 Å². The molecule has 1 N–H and O–H groups in total. The first-order valence-corrected chi connectivity index (χ1v) is 8.46. The summed E-state index contributed by atoms with van der Waals surface area (Å²) in [5.74, 6) is 0.425. The number of piperazine rings is 1. The van der Waals surface area contributed by atoms with E-state index in [1.54, 1.807) is 11.6 Å². The highest BCUT2D eigenvalue weighted by atomic mass is 16.5. The second kappa shape index (κ2) is 6.72. The number of ether oxygens (including phenoxy) is 1. The number of rotatable bonds is 4. The van der Waals surface area contributed by atoms with E-state index in [0.29, 0.717) is 41.5 Å². The molecule has 0 aliphatic carbocycles. The number of nitrogens with zero attached hydrogens (tertiary/aromatic N) is 5. The number of esters is 1. The highest BCUT2D eigenvalue weighted by Gasteiger charge is 2.28. The summed E-state index contributed by atoms with van der Waals surface area (Å²) in [4.78, 5) is 19.4. The number of pyridine rings is 1. The number of aromatic nitrogens is 4. The fourth-order valence-electron chi connectivity index (χ4n) is 3.18. The van der Waals surface area contributed by atoms with Crippen LogP contribution in [0.25, 0.3) is 11.0 Å². The van der Waals surface area contributed by atoms with Gasteiger partial charge in [-0.3, -0.25) is 0 Å². The molecule has 8 heteroatoms. The third-order valence-electron chi connectivity index (χ3n) is 4.37. The van der Waals surface area contributed by atoms with Crippen molar-refractivity contribution in [3.8, 4) is 0 Å². The largest absolute Gasteiger partial charge is 0.462 e. The second-order valence-electron chi connectivity index (χ2n) is 5.97. The molecule has 1 fully saturated rings. The maximum atomic E-state index is 12.4. The molecule has 24 heavy (non-hydrogen) atoms. The van der Waals surface area contributed by atoms with Crippen LogP contribution in [0.3, 0.4) is 0 Å². The minimum absolute atomic E-state index is 0.300. The number of anilines is 1. The zero-order valence-corrected chi connectivity index (χ0v) is 14.7. The van der Waals surface area contributed by atoms with E-state index < -0.39 is 0 Å². The molecule has 1 saturated heterocycles. The SMILES string of the molecule is CCOC(=O)c1c(C)nc(N2CCNCC2C)c2nnn(CC)c12. The molecule has 1 aliphatic heterocycles. The van der Waals surface area contributed by atoms with Crippen molar-refractivity contribution in [1.82, 2.24) is 25.3 Å². The molecule has 0 aromatic carbocycles. The number of aryl methyl sites for hydroxylation is 2. The smallest absolute Gasteiger partial charge is 0.342 e. The lowest BCUT2D eigenvalue weighted by Gasteiger charge is -2.35. The fraction of sp³-hybridized carbons (Fsp3) is 0.625. The third-order valence-corrected chi connectivity index (χ3v) is 4.37. The lowest BCUT2D eigenvalue weighted by Crippen LogP contribution is -2.50. The van der Waals surface area contributed by atoms with Gasteiger partial charge in [0.15, 0.2) is 11.3 Å². The lowest BCUT2D eigenvalue weighted by molar-refractivity contribution is 0.0527. The molecule has 1 aliphatic rings. The van der Waals surface area contributed by atoms with Gasteiger partial charge in [-0.1, -0.05) is 5.21 Å². The Morgan fingerprint density at radius 1 is 1.42 bits per heavy atom. The Kier molecular flexibility index (Phi) is 4.66. The molecule has 2 aromatic heterocycles. The van der Waals surface area contributed by atoms with Crippen molar-refractivity contribution < 1.29 is 9.53 Å². The molecule has 3 rings (SSSR count). The Morgan fingerprint density at radius 2 is 2.21 bits per heavy atom. The second-order valence-corrected chi connectivity index (χ2v) is 5.97. The molecule has 1 atom stereocenters. The molecule has 0 radical (unpaired) electrons. The van der Waals surface area contributed by atoms with Crippen LogP contribution in [0.2, 0.25) is 0 Å². The summed E-state index contributed by atoms with van der Waals surface area (Å²) in [5.41, 5.74) is 2.49. The number of hydrogen-bond acceptors (Lipinski definition) is 7. The molecular weight excluding hydrogens is 308 g/mol. The Hall–Kier alpha value is -2.22. The zero-order chi connectivity index (χ0) is 17.3. The quantitative estimate of drug-likeness (QED) is 0.840. The molecule has 0 spiro atoms. The number of hydrogen-bond donors (Lipinski definition) is 1. The van der Waals surface area contributed by atoms with Crippen LogP contribution in [0.15, 0.2) is 0 Å². The minimum atomic E-state index is -0.371. The van der Waals surface area contributed by atoms with Crippen molar-refractivity contribution in [2.45, 2.75) is 40.3 Å². The topological polar surface area (TPSA) is 85.2 Å². The van der Waals surface area contributed by atoms with Gasteiger partial charge < -0.3 is 15.0 Å². The molecule has 0 saturated carbocycles. The molecule has 2 aromatic rings. The number of carbonyl (C=O) groups excluding carboxylic acids is 1. The first-order valence-electron chi connectivity index (χ1n) is 8.46. The molecule has 8 nitrogen and oxygen atoms in total. The average molecular weight is 332 g/mol. The van der Waals surface area contributed by atoms with E-state index in [4.69, 9.17) is 9.72 Å². The fourth-order valence-corrected chi connectivity index (χ4v) is 3.18. The number of nitrogens with one attached hydrogen (secondary N) is 1. The Labute approximate surface area is 141 Å². The van der Waals surface area contributed by atoms with E-state index in [1.165, 1.54) is 0 Å². The van der Waals surface area contributed by atoms with Gasteiger partial charge in [-0.15, -0.1) is 5.10 Å². The summed E-state index contributed by atoms with van der Waals surface area (Å²) in [6, 6.07) is 0.300. The molecular formula is C16H24N6O2. The van der Waals surface area contributed by atoms with E-state index in [2.05, 4.69) is 27.5 Å². The van der Waals surface area contributed by atoms with Gasteiger partial charge >= 0.3 is 5.97 Å². The molecule has 0 bridgehead atoms. The van der Waals surface area contributed by atoms with Crippen LogP contribution in [0.1, 0.15) is 36.8 Å². The van der Waals surface area contributed by atoms with E-state index in [0.717, 1.165) is 25.5 Å². The van der Waals surface area contributed by atoms with Crippen molar-refractivity contribution in [1.29, 1.82) is 0 Å². The predicted octanol–water partition coefficient (Wildman–Crippen LogP) is 1.13. The summed E-state index contributed by atoms with van der Waals surface area (Å²) < 4.78 is 6.96. The van der Waals surface area contributed by atoms with Gasteiger partial charge in [0.05, 0.1) is 12.3 Å². The van der Waals surface area contributed by atoms with Crippen molar-refractivity contribution >= 4 is 22.8 Å². The van der Waals surface area contributed by atoms with Gasteiger partial charge in [0.1, 0.15) is 11.1 Å². The van der Waals surface area contributed by atoms with Gasteiger partial charge in [0.25, 0.3) is 0 Å². The first kappa shape index (κ1) is 16.6. The summed E-state index contributed by atoms with van der Waals surface area (Å²) >= 11 is 0. The predicted molar refractivity (Wildman–Crippen MR) is 91.4 cm³/mol. The van der Waals surface area contributed by atoms with Crippen LogP contribution in [0.4, 0.5) is 5.82 Å². The van der Waals surface area contributed by atoms with Gasteiger partial charge in [0, 0.05) is 32.2 Å². The van der Waals surface area contributed by atoms with Crippen LogP contribution >= 0.6 is 0 Å². The standard InChI is InChI=1S/C16H24N6O2/c1-5-22-14-12(16(23)24-6-2)11(4)18-15(13(14)19-20-22)21-8-7-17-9-10(21)3/h10,17H,5-9H2,1-4H3. The third kappa shape index (κ3) is 2.71. The van der Waals surface area contributed by atoms with Gasteiger partial charge in [-0.2, -0.15) is 0 Å². The van der Waals surface area contributed by atoms with E-state index in [-0.39, 0.29) is 5.97 Å². The maximum absolute atomic E-state index is 12.4. The normalized spacial score (nSPS) is 18.2. The van der Waals surface area contributed by atoms with Crippen LogP contribution < -0.4 is 10.2 Å². The van der Waals surface area contributed by atoms with Crippen LogP contribution in [-0.4, -0.2) is 58.2 Å². The molecule has 130 valence electrons. The van der Waals surface area contributed by atoms with E-state index in [1.807, 2.05) is 13.8 Å². The molecule has 1 unspecified atom stereocenters. The minimum Gasteiger partial charge on any atom is -0.462 e. The summed E-state index contributed by atoms with van der Waals surface area (Å²) in [5, 5.41) is 11.9. The Balaban J connectivity index is 2.21. The van der Waals surface area contributed by atoms with E-state index >= 15 is 0 Å². The summed E-state index contributed by atoms with van der Waals surface area (Å²) in [6.45, 7) is 11.4. The van der Waals surface area contributed by atoms with Crippen LogP contribution in [0.5, 0.6) is 0 Å². The van der Waals surface area contributed by atoms with Crippen LogP contribution in [-0.2, 0) is 11.3 Å². The van der Waals surface area contributed by atoms with Crippen molar-refractivity contribution in [3.63, 3.8) is 0 Å². The lowest BCUT2D eigenvalue weighted by atomic mass is 10.1. The van der Waals surface area contributed by atoms with Crippen molar-refractivity contribution in [2.75, 3.05) is 31.1 Å². The molecule has 3 heterocycles. The van der Waals surface area contributed by atoms with Crippen LogP contribution in [0, 0.1) is 6.92 Å².